The van der Waals surface area contributed by atoms with Gasteiger partial charge in [-0.2, -0.15) is 13.5 Å². The number of hydrogen-bond donors (Lipinski definition) is 3. The smallest absolute Gasteiger partial charge is 0.261 e. The van der Waals surface area contributed by atoms with E-state index in [4.69, 9.17) is 4.98 Å². The van der Waals surface area contributed by atoms with E-state index in [0.29, 0.717) is 11.4 Å². The molecule has 0 saturated carbocycles. The Morgan fingerprint density at radius 1 is 0.946 bits per heavy atom. The third-order valence-electron chi connectivity index (χ3n) is 6.98. The number of pyridine rings is 2. The number of H-pyrrole nitrogens is 2. The molecule has 1 atom stereocenters. The highest BCUT2D eigenvalue weighted by Crippen LogP contribution is 2.33. The molecule has 0 aliphatic carbocycles. The van der Waals surface area contributed by atoms with Crippen molar-refractivity contribution in [3.05, 3.63) is 82.9 Å². The SMILES string of the molecule is C[C@H](Nc1c(-c2nc3ccc(N4CCN(C)CC4)cc3[nH]2)c(=O)[nH]c2ccccc12)c1ccccn1.S. The lowest BCUT2D eigenvalue weighted by Gasteiger charge is -2.34. The van der Waals surface area contributed by atoms with E-state index in [-0.39, 0.29) is 25.1 Å². The van der Waals surface area contributed by atoms with Crippen LogP contribution in [0.25, 0.3) is 33.3 Å². The summed E-state index contributed by atoms with van der Waals surface area (Å²) in [5, 5.41) is 4.49. The molecule has 0 radical (unpaired) electrons. The van der Waals surface area contributed by atoms with Crippen LogP contribution < -0.4 is 15.8 Å². The lowest BCUT2D eigenvalue weighted by molar-refractivity contribution is 0.313. The third-order valence-corrected chi connectivity index (χ3v) is 6.98. The molecule has 2 aromatic carbocycles. The van der Waals surface area contributed by atoms with Gasteiger partial charge in [0.25, 0.3) is 5.56 Å². The van der Waals surface area contributed by atoms with Crippen LogP contribution in [-0.4, -0.2) is 58.1 Å². The fourth-order valence-electron chi connectivity index (χ4n) is 4.92. The van der Waals surface area contributed by atoms with E-state index in [1.54, 1.807) is 6.20 Å². The number of likely N-dealkylation sites (N-methyl/N-ethyl adjacent to an activating group) is 1. The van der Waals surface area contributed by atoms with Gasteiger partial charge in [-0.15, -0.1) is 0 Å². The first-order valence-corrected chi connectivity index (χ1v) is 12.3. The number of nitrogens with one attached hydrogen (secondary N) is 3. The number of benzene rings is 2. The molecule has 0 bridgehead atoms. The zero-order valence-corrected chi connectivity index (χ0v) is 22.0. The van der Waals surface area contributed by atoms with Crippen molar-refractivity contribution in [2.75, 3.05) is 43.4 Å². The molecule has 0 spiro atoms. The molecule has 5 aromatic rings. The predicted molar refractivity (Wildman–Crippen MR) is 156 cm³/mol. The van der Waals surface area contributed by atoms with Crippen LogP contribution in [0.5, 0.6) is 0 Å². The fraction of sp³-hybridized carbons (Fsp3) is 0.250. The van der Waals surface area contributed by atoms with Crippen molar-refractivity contribution in [1.29, 1.82) is 0 Å². The van der Waals surface area contributed by atoms with E-state index in [0.717, 1.165) is 59.5 Å². The summed E-state index contributed by atoms with van der Waals surface area (Å²) in [5.74, 6) is 0.545. The fourth-order valence-corrected chi connectivity index (χ4v) is 4.92. The Bertz CT molecular complexity index is 1590. The molecule has 8 nitrogen and oxygen atoms in total. The number of hydrogen-bond acceptors (Lipinski definition) is 6. The normalized spacial score (nSPS) is 15.0. The van der Waals surface area contributed by atoms with Gasteiger partial charge in [0.2, 0.25) is 0 Å². The minimum Gasteiger partial charge on any atom is -0.376 e. The summed E-state index contributed by atoms with van der Waals surface area (Å²) in [5.41, 5.74) is 5.63. The quantitative estimate of drug-likeness (QED) is 0.320. The van der Waals surface area contributed by atoms with Gasteiger partial charge in [-0.3, -0.25) is 9.78 Å². The van der Waals surface area contributed by atoms with Crippen LogP contribution in [-0.2, 0) is 0 Å². The van der Waals surface area contributed by atoms with Gasteiger partial charge in [-0.1, -0.05) is 24.3 Å². The van der Waals surface area contributed by atoms with Gasteiger partial charge in [-0.05, 0) is 50.4 Å². The van der Waals surface area contributed by atoms with Crippen molar-refractivity contribution >= 4 is 46.8 Å². The topological polar surface area (TPSA) is 92.9 Å². The van der Waals surface area contributed by atoms with Crippen LogP contribution in [0.3, 0.4) is 0 Å². The predicted octanol–water partition coefficient (Wildman–Crippen LogP) is 4.50. The number of nitrogens with zero attached hydrogens (tertiary/aromatic N) is 4. The standard InChI is InChI=1S/C28H29N7O.H2S/c1-18(21-8-5-6-12-29-21)30-26-20-7-3-4-9-22(20)33-28(36)25(26)27-31-23-11-10-19(17-24(23)32-27)35-15-13-34(2)14-16-35;/h3-12,17-18H,13-16H2,1-2H3,(H,31,32)(H2,30,33,36);1H2/t18-;/m0./s1. The van der Waals surface area contributed by atoms with Gasteiger partial charge in [-0.25, -0.2) is 4.98 Å². The Kier molecular flexibility index (Phi) is 6.90. The molecule has 4 heterocycles. The van der Waals surface area contributed by atoms with E-state index in [9.17, 15) is 4.79 Å². The zero-order chi connectivity index (χ0) is 24.6. The first-order valence-electron chi connectivity index (χ1n) is 12.3. The molecule has 37 heavy (non-hydrogen) atoms. The summed E-state index contributed by atoms with van der Waals surface area (Å²) < 4.78 is 0. The van der Waals surface area contributed by atoms with E-state index < -0.39 is 0 Å². The van der Waals surface area contributed by atoms with Crippen molar-refractivity contribution in [3.8, 4) is 11.4 Å². The lowest BCUT2D eigenvalue weighted by Crippen LogP contribution is -2.44. The summed E-state index contributed by atoms with van der Waals surface area (Å²) in [6, 6.07) is 19.8. The summed E-state index contributed by atoms with van der Waals surface area (Å²) >= 11 is 0. The van der Waals surface area contributed by atoms with Crippen molar-refractivity contribution < 1.29 is 0 Å². The van der Waals surface area contributed by atoms with Gasteiger partial charge in [0.1, 0.15) is 11.4 Å². The Morgan fingerprint density at radius 3 is 2.51 bits per heavy atom. The van der Waals surface area contributed by atoms with Crippen LogP contribution in [0.2, 0.25) is 0 Å². The van der Waals surface area contributed by atoms with Gasteiger partial charge in [0.15, 0.2) is 0 Å². The molecular weight excluding hydrogens is 482 g/mol. The molecule has 1 aliphatic rings. The summed E-state index contributed by atoms with van der Waals surface area (Å²) in [6.45, 7) is 6.12. The average molecular weight is 514 g/mol. The van der Waals surface area contributed by atoms with E-state index >= 15 is 0 Å². The van der Waals surface area contributed by atoms with E-state index in [2.05, 4.69) is 49.2 Å². The maximum Gasteiger partial charge on any atom is 0.261 e. The molecule has 9 heteroatoms. The number of imidazole rings is 1. The van der Waals surface area contributed by atoms with Crippen molar-refractivity contribution in [2.24, 2.45) is 0 Å². The third kappa shape index (κ3) is 4.80. The number of aromatic amines is 2. The zero-order valence-electron chi connectivity index (χ0n) is 21.0. The summed E-state index contributed by atoms with van der Waals surface area (Å²) in [7, 11) is 2.16. The van der Waals surface area contributed by atoms with Crippen LogP contribution in [0.4, 0.5) is 11.4 Å². The molecular formula is C28H31N7OS. The van der Waals surface area contributed by atoms with Crippen LogP contribution in [0.1, 0.15) is 18.7 Å². The largest absolute Gasteiger partial charge is 0.376 e. The number of aromatic nitrogens is 4. The van der Waals surface area contributed by atoms with Crippen LogP contribution in [0.15, 0.2) is 71.7 Å². The van der Waals surface area contributed by atoms with Gasteiger partial charge < -0.3 is 25.1 Å². The molecule has 1 saturated heterocycles. The second-order valence-corrected chi connectivity index (χ2v) is 9.45. The Morgan fingerprint density at radius 2 is 1.73 bits per heavy atom. The number of rotatable bonds is 5. The minimum atomic E-state index is -0.192. The van der Waals surface area contributed by atoms with Crippen molar-refractivity contribution in [1.82, 2.24) is 24.8 Å². The summed E-state index contributed by atoms with van der Waals surface area (Å²) in [6.07, 6.45) is 1.78. The number of piperazine rings is 1. The van der Waals surface area contributed by atoms with Crippen LogP contribution >= 0.6 is 13.5 Å². The van der Waals surface area contributed by atoms with Crippen molar-refractivity contribution in [3.63, 3.8) is 0 Å². The molecule has 3 aromatic heterocycles. The highest BCUT2D eigenvalue weighted by molar-refractivity contribution is 7.59. The Labute approximate surface area is 222 Å². The average Bonchev–Trinajstić information content (AvgIpc) is 3.32. The number of fused-ring (bicyclic) bond motifs is 2. The molecule has 1 aliphatic heterocycles. The second kappa shape index (κ2) is 10.3. The Balaban J connectivity index is 0.00000280. The molecule has 6 rings (SSSR count). The van der Waals surface area contributed by atoms with E-state index in [1.165, 1.54) is 5.69 Å². The molecule has 0 unspecified atom stereocenters. The van der Waals surface area contributed by atoms with Gasteiger partial charge in [0, 0.05) is 43.4 Å². The molecule has 1 fully saturated rings. The monoisotopic (exact) mass is 513 g/mol. The highest BCUT2D eigenvalue weighted by Gasteiger charge is 2.21. The molecule has 3 N–H and O–H groups in total. The van der Waals surface area contributed by atoms with Gasteiger partial charge in [0.05, 0.1) is 34.0 Å². The van der Waals surface area contributed by atoms with Crippen LogP contribution in [0, 0.1) is 0 Å². The first-order chi connectivity index (χ1) is 17.6. The molecule has 190 valence electrons. The number of anilines is 2. The second-order valence-electron chi connectivity index (χ2n) is 9.45. The number of para-hydroxylation sites is 1. The highest BCUT2D eigenvalue weighted by atomic mass is 32.1. The van der Waals surface area contributed by atoms with E-state index in [1.807, 2.05) is 55.5 Å². The lowest BCUT2D eigenvalue weighted by atomic mass is 10.1. The maximum atomic E-state index is 13.4. The van der Waals surface area contributed by atoms with Crippen molar-refractivity contribution in [2.45, 2.75) is 13.0 Å². The maximum absolute atomic E-state index is 13.4. The summed E-state index contributed by atoms with van der Waals surface area (Å²) in [4.78, 5) is 33.9. The minimum absolute atomic E-state index is 0. The van der Waals surface area contributed by atoms with Gasteiger partial charge >= 0.3 is 0 Å². The first kappa shape index (κ1) is 24.9. The molecule has 0 amide bonds. The Hall–Kier alpha value is -3.82.